The van der Waals surface area contributed by atoms with Crippen LogP contribution in [0.3, 0.4) is 0 Å². The third kappa shape index (κ3) is 2.82. The van der Waals surface area contributed by atoms with Gasteiger partial charge in [-0.3, -0.25) is 4.40 Å². The predicted octanol–water partition coefficient (Wildman–Crippen LogP) is 5.05. The summed E-state index contributed by atoms with van der Waals surface area (Å²) >= 11 is 1.46. The Morgan fingerprint density at radius 3 is 2.59 bits per heavy atom. The lowest BCUT2D eigenvalue weighted by Crippen LogP contribution is -1.97. The molecule has 5 nitrogen and oxygen atoms in total. The first kappa shape index (κ1) is 17.6. The van der Waals surface area contributed by atoms with E-state index in [9.17, 15) is 0 Å². The molecule has 0 bridgehead atoms. The number of rotatable bonds is 3. The zero-order valence-corrected chi connectivity index (χ0v) is 16.3. The molecule has 3 heterocycles. The van der Waals surface area contributed by atoms with Crippen molar-refractivity contribution in [1.82, 2.24) is 19.4 Å². The van der Waals surface area contributed by atoms with Gasteiger partial charge in [-0.2, -0.15) is 0 Å². The lowest BCUT2D eigenvalue weighted by atomic mass is 10.0. The van der Waals surface area contributed by atoms with Gasteiger partial charge in [-0.15, -0.1) is 0 Å². The molecule has 0 fully saturated rings. The maximum absolute atomic E-state index is 15.6. The van der Waals surface area contributed by atoms with Crippen LogP contribution in [0.15, 0.2) is 72.1 Å². The van der Waals surface area contributed by atoms with E-state index in [2.05, 4.69) is 15.0 Å². The van der Waals surface area contributed by atoms with Gasteiger partial charge in [0, 0.05) is 28.9 Å². The largest absolute Gasteiger partial charge is 0.382 e. The summed E-state index contributed by atoms with van der Waals surface area (Å²) in [5, 5.41) is 1.44. The van der Waals surface area contributed by atoms with Gasteiger partial charge >= 0.3 is 0 Å². The van der Waals surface area contributed by atoms with Crippen LogP contribution in [-0.4, -0.2) is 25.6 Å². The molecule has 0 spiro atoms. The van der Waals surface area contributed by atoms with Crippen molar-refractivity contribution in [2.24, 2.45) is 0 Å². The Kier molecular flexibility index (Phi) is 4.17. The van der Waals surface area contributed by atoms with Crippen molar-refractivity contribution in [1.29, 1.82) is 0 Å². The van der Waals surface area contributed by atoms with Gasteiger partial charge < -0.3 is 5.73 Å². The molecule has 2 N–H and O–H groups in total. The molecule has 0 saturated carbocycles. The highest BCUT2D eigenvalue weighted by Gasteiger charge is 2.20. The van der Waals surface area contributed by atoms with Gasteiger partial charge in [0.15, 0.2) is 11.0 Å². The molecule has 2 aromatic carbocycles. The Balaban J connectivity index is 1.77. The number of nitrogen functional groups attached to an aromatic ring is 1. The monoisotopic (exact) mass is 401 g/mol. The molecule has 29 heavy (non-hydrogen) atoms. The number of hydrogen-bond acceptors (Lipinski definition) is 5. The summed E-state index contributed by atoms with van der Waals surface area (Å²) in [6.07, 6.45) is 5.30. The Bertz CT molecular complexity index is 1360. The number of imidazole rings is 1. The standard InChI is InChI=1S/C22H16FN5S/c1-29-22-27-19(20-21(24)25-11-12-28(20)22)15-9-7-14-8-10-16(26-18(14)17(15)23)13-5-3-2-4-6-13/h2-12H,1H3,(H2,24,25). The van der Waals surface area contributed by atoms with Crippen molar-refractivity contribution in [3.63, 3.8) is 0 Å². The minimum atomic E-state index is -0.420. The predicted molar refractivity (Wildman–Crippen MR) is 115 cm³/mol. The lowest BCUT2D eigenvalue weighted by molar-refractivity contribution is 0.640. The zero-order chi connectivity index (χ0) is 20.0. The van der Waals surface area contributed by atoms with Gasteiger partial charge in [0.1, 0.15) is 22.5 Å². The van der Waals surface area contributed by atoms with Crippen LogP contribution >= 0.6 is 11.8 Å². The molecule has 0 aliphatic heterocycles. The van der Waals surface area contributed by atoms with E-state index in [0.717, 1.165) is 21.8 Å². The van der Waals surface area contributed by atoms with Crippen molar-refractivity contribution < 1.29 is 4.39 Å². The number of benzene rings is 2. The number of nitrogens with two attached hydrogens (primary N) is 1. The number of hydrogen-bond donors (Lipinski definition) is 1. The van der Waals surface area contributed by atoms with Crippen LogP contribution in [0.5, 0.6) is 0 Å². The molecular weight excluding hydrogens is 385 g/mol. The molecule has 0 amide bonds. The van der Waals surface area contributed by atoms with Crippen LogP contribution in [0.25, 0.3) is 38.9 Å². The van der Waals surface area contributed by atoms with E-state index in [1.165, 1.54) is 11.8 Å². The van der Waals surface area contributed by atoms with E-state index in [-0.39, 0.29) is 0 Å². The van der Waals surface area contributed by atoms with E-state index in [0.29, 0.717) is 28.1 Å². The fraction of sp³-hybridized carbons (Fsp3) is 0.0455. The third-order valence-electron chi connectivity index (χ3n) is 4.86. The molecule has 5 aromatic rings. The zero-order valence-electron chi connectivity index (χ0n) is 15.5. The maximum atomic E-state index is 15.6. The van der Waals surface area contributed by atoms with E-state index in [4.69, 9.17) is 5.73 Å². The van der Waals surface area contributed by atoms with Gasteiger partial charge in [0.2, 0.25) is 0 Å². The minimum Gasteiger partial charge on any atom is -0.382 e. The molecule has 5 rings (SSSR count). The summed E-state index contributed by atoms with van der Waals surface area (Å²) in [5.41, 5.74) is 9.47. The average molecular weight is 401 g/mol. The van der Waals surface area contributed by atoms with Gasteiger partial charge in [0.25, 0.3) is 0 Å². The number of halogens is 1. The molecular formula is C22H16FN5S. The highest BCUT2D eigenvalue weighted by molar-refractivity contribution is 7.98. The first-order valence-electron chi connectivity index (χ1n) is 8.99. The average Bonchev–Trinajstić information content (AvgIpc) is 3.14. The molecule has 0 unspecified atom stereocenters. The van der Waals surface area contributed by atoms with Crippen LogP contribution in [0, 0.1) is 5.82 Å². The number of fused-ring (bicyclic) bond motifs is 2. The number of pyridine rings is 1. The Hall–Kier alpha value is -3.45. The molecule has 142 valence electrons. The lowest BCUT2D eigenvalue weighted by Gasteiger charge is -2.08. The number of nitrogens with zero attached hydrogens (tertiary/aromatic N) is 4. The molecule has 0 aliphatic rings. The van der Waals surface area contributed by atoms with Gasteiger partial charge in [-0.05, 0) is 18.4 Å². The Morgan fingerprint density at radius 2 is 1.79 bits per heavy atom. The number of anilines is 1. The molecule has 0 aliphatic carbocycles. The fourth-order valence-electron chi connectivity index (χ4n) is 3.48. The van der Waals surface area contributed by atoms with E-state index < -0.39 is 5.82 Å². The smallest absolute Gasteiger partial charge is 0.173 e. The van der Waals surface area contributed by atoms with Crippen molar-refractivity contribution in [3.8, 4) is 22.5 Å². The highest BCUT2D eigenvalue weighted by atomic mass is 32.2. The van der Waals surface area contributed by atoms with Gasteiger partial charge in [-0.1, -0.05) is 54.2 Å². The van der Waals surface area contributed by atoms with Crippen LogP contribution in [0.1, 0.15) is 0 Å². The van der Waals surface area contributed by atoms with Crippen LogP contribution in [-0.2, 0) is 0 Å². The minimum absolute atomic E-state index is 0.304. The third-order valence-corrected chi connectivity index (χ3v) is 5.51. The topological polar surface area (TPSA) is 69.1 Å². The number of aromatic nitrogens is 4. The van der Waals surface area contributed by atoms with Crippen molar-refractivity contribution in [3.05, 3.63) is 72.8 Å². The Morgan fingerprint density at radius 1 is 1.00 bits per heavy atom. The van der Waals surface area contributed by atoms with E-state index in [1.807, 2.05) is 59.2 Å². The molecule has 0 atom stereocenters. The van der Waals surface area contributed by atoms with Crippen LogP contribution < -0.4 is 5.73 Å². The van der Waals surface area contributed by atoms with Crippen LogP contribution in [0.4, 0.5) is 10.2 Å². The highest BCUT2D eigenvalue weighted by Crippen LogP contribution is 2.35. The van der Waals surface area contributed by atoms with Gasteiger partial charge in [-0.25, -0.2) is 19.3 Å². The summed E-state index contributed by atoms with van der Waals surface area (Å²) in [6.45, 7) is 0. The number of thioether (sulfide) groups is 1. The molecule has 0 radical (unpaired) electrons. The second-order valence-corrected chi connectivity index (χ2v) is 7.31. The quantitative estimate of drug-likeness (QED) is 0.428. The van der Waals surface area contributed by atoms with E-state index >= 15 is 4.39 Å². The molecule has 3 aromatic heterocycles. The first-order valence-corrected chi connectivity index (χ1v) is 10.2. The Labute approximate surface area is 170 Å². The summed E-state index contributed by atoms with van der Waals surface area (Å²) < 4.78 is 17.5. The summed E-state index contributed by atoms with van der Waals surface area (Å²) in [6, 6.07) is 17.1. The van der Waals surface area contributed by atoms with Crippen molar-refractivity contribution in [2.45, 2.75) is 5.16 Å². The van der Waals surface area contributed by atoms with Crippen molar-refractivity contribution >= 4 is 34.0 Å². The molecule has 7 heteroatoms. The summed E-state index contributed by atoms with van der Waals surface area (Å²) in [5.74, 6) is -0.114. The summed E-state index contributed by atoms with van der Waals surface area (Å²) in [7, 11) is 0. The normalized spacial score (nSPS) is 11.4. The fourth-order valence-corrected chi connectivity index (χ4v) is 4.01. The second-order valence-electron chi connectivity index (χ2n) is 6.54. The molecule has 0 saturated heterocycles. The SMILES string of the molecule is CSc1nc(-c2ccc3ccc(-c4ccccc4)nc3c2F)c2c(N)nccn12. The maximum Gasteiger partial charge on any atom is 0.173 e. The van der Waals surface area contributed by atoms with Crippen molar-refractivity contribution in [2.75, 3.05) is 12.0 Å². The van der Waals surface area contributed by atoms with E-state index in [1.54, 1.807) is 18.5 Å². The van der Waals surface area contributed by atoms with Gasteiger partial charge in [0.05, 0.1) is 5.69 Å². The first-order chi connectivity index (χ1) is 14.2. The second kappa shape index (κ2) is 6.86. The summed E-state index contributed by atoms with van der Waals surface area (Å²) in [4.78, 5) is 13.4. The van der Waals surface area contributed by atoms with Crippen LogP contribution in [0.2, 0.25) is 0 Å².